The van der Waals surface area contributed by atoms with Gasteiger partial charge < -0.3 is 13.6 Å². The fourth-order valence-corrected chi connectivity index (χ4v) is 9.64. The smallest absolute Gasteiger partial charge is 0.144 e. The maximum Gasteiger partial charge on any atom is 0.144 e. The van der Waals surface area contributed by atoms with Crippen molar-refractivity contribution in [1.82, 2.24) is 14.1 Å². The average Bonchev–Trinajstić information content (AvgIpc) is 3.96. The van der Waals surface area contributed by atoms with E-state index < -0.39 is 0 Å². The SMILES string of the molecule is c1ccc(-n2c3ccccc3c3cc(-c4ccc5c(c4)c4ccccc4n5-c4ccc(-c5nc6ccccc6c6c5ccc5c7ccccc7oc56)cc4)ccc32)cc1. The van der Waals surface area contributed by atoms with Crippen molar-refractivity contribution in [2.45, 2.75) is 0 Å². The van der Waals surface area contributed by atoms with Crippen LogP contribution in [0.1, 0.15) is 0 Å². The number of pyridine rings is 1. The fraction of sp³-hybridized carbons (Fsp3) is 0. The first-order chi connectivity index (χ1) is 29.3. The molecule has 4 nitrogen and oxygen atoms in total. The van der Waals surface area contributed by atoms with Gasteiger partial charge in [-0.25, -0.2) is 4.98 Å². The van der Waals surface area contributed by atoms with Crippen LogP contribution in [0.25, 0.3) is 121 Å². The Morgan fingerprint density at radius 2 is 0.847 bits per heavy atom. The summed E-state index contributed by atoms with van der Waals surface area (Å²) in [5.74, 6) is 0. The van der Waals surface area contributed by atoms with Crippen molar-refractivity contribution in [1.29, 1.82) is 0 Å². The van der Waals surface area contributed by atoms with Gasteiger partial charge in [-0.15, -0.1) is 0 Å². The highest BCUT2D eigenvalue weighted by molar-refractivity contribution is 6.24. The molecule has 0 saturated heterocycles. The molecule has 0 saturated carbocycles. The topological polar surface area (TPSA) is 35.9 Å². The highest BCUT2D eigenvalue weighted by Crippen LogP contribution is 2.42. The van der Waals surface area contributed by atoms with Gasteiger partial charge in [0.05, 0.1) is 33.3 Å². The molecule has 0 N–H and O–H groups in total. The standard InChI is InChI=1S/C55H33N3O/c1-2-12-37(13-3-1)57-48-19-9-5-14-39(48)45-32-35(24-30-50(45)57)36-25-31-51-46(33-36)40-15-6-10-20-49(40)58(51)38-26-22-34(23-27-38)54-44-29-28-42-41-16-7-11-21-52(41)59-55(42)53(44)43-17-4-8-18-47(43)56-54/h1-33H. The van der Waals surface area contributed by atoms with Crippen LogP contribution in [-0.2, 0) is 0 Å². The van der Waals surface area contributed by atoms with Crippen molar-refractivity contribution in [2.24, 2.45) is 0 Å². The summed E-state index contributed by atoms with van der Waals surface area (Å²) in [5, 5.41) is 10.5. The third-order valence-electron chi connectivity index (χ3n) is 12.3. The van der Waals surface area contributed by atoms with Crippen LogP contribution in [0.5, 0.6) is 0 Å². The molecular formula is C55H33N3O. The molecule has 59 heavy (non-hydrogen) atoms. The number of benzene rings is 9. The van der Waals surface area contributed by atoms with Crippen molar-refractivity contribution in [3.63, 3.8) is 0 Å². The van der Waals surface area contributed by atoms with E-state index in [1.165, 1.54) is 60.4 Å². The molecule has 274 valence electrons. The summed E-state index contributed by atoms with van der Waals surface area (Å²) in [5.41, 5.74) is 14.2. The molecule has 13 rings (SSSR count). The molecule has 0 radical (unpaired) electrons. The highest BCUT2D eigenvalue weighted by Gasteiger charge is 2.19. The Hall–Kier alpha value is -7.95. The predicted octanol–water partition coefficient (Wildman–Crippen LogP) is 14.8. The van der Waals surface area contributed by atoms with Crippen LogP contribution in [0.2, 0.25) is 0 Å². The highest BCUT2D eigenvalue weighted by atomic mass is 16.3. The van der Waals surface area contributed by atoms with Gasteiger partial charge in [0.25, 0.3) is 0 Å². The van der Waals surface area contributed by atoms with E-state index in [9.17, 15) is 0 Å². The molecule has 0 amide bonds. The monoisotopic (exact) mass is 751 g/mol. The lowest BCUT2D eigenvalue weighted by atomic mass is 9.97. The van der Waals surface area contributed by atoms with E-state index in [4.69, 9.17) is 9.40 Å². The molecule has 0 fully saturated rings. The summed E-state index contributed by atoms with van der Waals surface area (Å²) in [6, 6.07) is 71.9. The number of hydrogen-bond acceptors (Lipinski definition) is 2. The zero-order chi connectivity index (χ0) is 38.6. The zero-order valence-electron chi connectivity index (χ0n) is 31.8. The molecule has 4 aromatic heterocycles. The molecule has 0 spiro atoms. The summed E-state index contributed by atoms with van der Waals surface area (Å²) in [7, 11) is 0. The van der Waals surface area contributed by atoms with Crippen LogP contribution < -0.4 is 0 Å². The largest absolute Gasteiger partial charge is 0.455 e. The number of furan rings is 1. The second-order valence-corrected chi connectivity index (χ2v) is 15.5. The Balaban J connectivity index is 0.945. The number of fused-ring (bicyclic) bond motifs is 13. The molecular weight excluding hydrogens is 719 g/mol. The first kappa shape index (κ1) is 32.2. The van der Waals surface area contributed by atoms with E-state index in [1.807, 2.05) is 12.1 Å². The molecule has 13 aromatic rings. The average molecular weight is 752 g/mol. The molecule has 0 aliphatic heterocycles. The lowest BCUT2D eigenvalue weighted by molar-refractivity contribution is 0.673. The Morgan fingerprint density at radius 3 is 1.53 bits per heavy atom. The van der Waals surface area contributed by atoms with Gasteiger partial charge in [-0.2, -0.15) is 0 Å². The number of rotatable bonds is 4. The van der Waals surface area contributed by atoms with E-state index >= 15 is 0 Å². The van der Waals surface area contributed by atoms with Crippen LogP contribution >= 0.6 is 0 Å². The quantitative estimate of drug-likeness (QED) is 0.168. The Kier molecular flexibility index (Phi) is 6.69. The van der Waals surface area contributed by atoms with Crippen LogP contribution in [0.3, 0.4) is 0 Å². The first-order valence-corrected chi connectivity index (χ1v) is 20.1. The summed E-state index contributed by atoms with van der Waals surface area (Å²) in [6.07, 6.45) is 0. The second-order valence-electron chi connectivity index (χ2n) is 15.5. The molecule has 0 aliphatic rings. The van der Waals surface area contributed by atoms with Crippen LogP contribution in [0.4, 0.5) is 0 Å². The van der Waals surface area contributed by atoms with E-state index in [-0.39, 0.29) is 0 Å². The van der Waals surface area contributed by atoms with Crippen LogP contribution in [-0.4, -0.2) is 14.1 Å². The second kappa shape index (κ2) is 12.3. The van der Waals surface area contributed by atoms with Gasteiger partial charge in [0, 0.05) is 65.4 Å². The van der Waals surface area contributed by atoms with Crippen molar-refractivity contribution >= 4 is 87.2 Å². The first-order valence-electron chi connectivity index (χ1n) is 20.1. The number of hydrogen-bond donors (Lipinski definition) is 0. The maximum absolute atomic E-state index is 6.57. The summed E-state index contributed by atoms with van der Waals surface area (Å²) in [6.45, 7) is 0. The third kappa shape index (κ3) is 4.69. The van der Waals surface area contributed by atoms with E-state index in [1.54, 1.807) is 0 Å². The molecule has 0 aliphatic carbocycles. The zero-order valence-corrected chi connectivity index (χ0v) is 31.8. The van der Waals surface area contributed by atoms with Crippen LogP contribution in [0.15, 0.2) is 205 Å². The third-order valence-corrected chi connectivity index (χ3v) is 12.3. The molecule has 4 heteroatoms. The van der Waals surface area contributed by atoms with Gasteiger partial charge in [0.2, 0.25) is 0 Å². The van der Waals surface area contributed by atoms with E-state index in [2.05, 4.69) is 197 Å². The maximum atomic E-state index is 6.57. The summed E-state index contributed by atoms with van der Waals surface area (Å²) >= 11 is 0. The minimum atomic E-state index is 0.897. The van der Waals surface area contributed by atoms with Crippen molar-refractivity contribution in [3.05, 3.63) is 200 Å². The molecule has 4 heterocycles. The minimum absolute atomic E-state index is 0.897. The van der Waals surface area contributed by atoms with Gasteiger partial charge in [0.1, 0.15) is 11.2 Å². The number of aromatic nitrogens is 3. The van der Waals surface area contributed by atoms with Crippen molar-refractivity contribution < 1.29 is 4.42 Å². The van der Waals surface area contributed by atoms with Gasteiger partial charge in [-0.05, 0) is 90.0 Å². The lowest BCUT2D eigenvalue weighted by Crippen LogP contribution is -1.95. The molecule has 9 aromatic carbocycles. The fourth-order valence-electron chi connectivity index (χ4n) is 9.64. The number of nitrogens with zero attached hydrogens (tertiary/aromatic N) is 3. The lowest BCUT2D eigenvalue weighted by Gasteiger charge is -2.12. The van der Waals surface area contributed by atoms with Crippen LogP contribution in [0, 0.1) is 0 Å². The van der Waals surface area contributed by atoms with E-state index in [0.717, 1.165) is 60.6 Å². The molecule has 0 bridgehead atoms. The minimum Gasteiger partial charge on any atom is -0.455 e. The Labute approximate surface area is 338 Å². The van der Waals surface area contributed by atoms with Gasteiger partial charge in [-0.3, -0.25) is 0 Å². The molecule has 0 atom stereocenters. The van der Waals surface area contributed by atoms with Gasteiger partial charge in [-0.1, -0.05) is 121 Å². The van der Waals surface area contributed by atoms with Crippen molar-refractivity contribution in [3.8, 4) is 33.8 Å². The van der Waals surface area contributed by atoms with Crippen molar-refractivity contribution in [2.75, 3.05) is 0 Å². The van der Waals surface area contributed by atoms with Gasteiger partial charge in [0.15, 0.2) is 0 Å². The molecule has 0 unspecified atom stereocenters. The predicted molar refractivity (Wildman–Crippen MR) is 246 cm³/mol. The number of para-hydroxylation sites is 5. The van der Waals surface area contributed by atoms with Gasteiger partial charge >= 0.3 is 0 Å². The summed E-state index contributed by atoms with van der Waals surface area (Å²) < 4.78 is 11.3. The summed E-state index contributed by atoms with van der Waals surface area (Å²) in [4.78, 5) is 5.27. The Bertz CT molecular complexity index is 3830. The van der Waals surface area contributed by atoms with E-state index in [0.29, 0.717) is 0 Å². The normalized spacial score (nSPS) is 12.1. The Morgan fingerprint density at radius 1 is 0.339 bits per heavy atom.